The van der Waals surface area contributed by atoms with Crippen molar-refractivity contribution in [3.8, 4) is 16.9 Å². The minimum Gasteiger partial charge on any atom is -0.477 e. The second kappa shape index (κ2) is 9.61. The first-order valence-electron chi connectivity index (χ1n) is 11.2. The van der Waals surface area contributed by atoms with Crippen LogP contribution in [0.4, 0.5) is 0 Å². The van der Waals surface area contributed by atoms with Gasteiger partial charge in [0.25, 0.3) is 0 Å². The third kappa shape index (κ3) is 4.61. The lowest BCUT2D eigenvalue weighted by atomic mass is 9.98. The molecular formula is C30H21ClO4. The Balaban J connectivity index is 1.60. The molecule has 4 aromatic carbocycles. The number of hydrogen-bond acceptors (Lipinski definition) is 4. The van der Waals surface area contributed by atoms with Crippen molar-refractivity contribution in [2.45, 2.75) is 13.0 Å². The molecule has 0 saturated heterocycles. The molecule has 0 spiro atoms. The normalized spacial score (nSPS) is 11.8. The van der Waals surface area contributed by atoms with Crippen LogP contribution in [0.1, 0.15) is 27.6 Å². The average Bonchev–Trinajstić information content (AvgIpc) is 2.89. The van der Waals surface area contributed by atoms with Gasteiger partial charge in [0.15, 0.2) is 6.10 Å². The van der Waals surface area contributed by atoms with E-state index in [0.717, 1.165) is 16.5 Å². The molecule has 35 heavy (non-hydrogen) atoms. The van der Waals surface area contributed by atoms with E-state index in [9.17, 15) is 9.59 Å². The molecule has 5 rings (SSSR count). The summed E-state index contributed by atoms with van der Waals surface area (Å²) < 4.78 is 11.9. The van der Waals surface area contributed by atoms with Crippen LogP contribution >= 0.6 is 11.6 Å². The first kappa shape index (κ1) is 22.6. The third-order valence-electron chi connectivity index (χ3n) is 5.91. The zero-order chi connectivity index (χ0) is 24.4. The smallest absolute Gasteiger partial charge is 0.336 e. The summed E-state index contributed by atoms with van der Waals surface area (Å²) in [7, 11) is 0. The largest absolute Gasteiger partial charge is 0.477 e. The molecule has 0 bridgehead atoms. The SMILES string of the molecule is Cc1c(O[C@@H](C(=O)c2ccc(Cl)cc2)c2ccccc2)ccc2c(-c3ccccc3)cc(=O)oc12. The molecule has 0 unspecified atom stereocenters. The number of ketones is 1. The van der Waals surface area contributed by atoms with Crippen LogP contribution in [0.15, 0.2) is 112 Å². The van der Waals surface area contributed by atoms with Crippen molar-refractivity contribution in [2.75, 3.05) is 0 Å². The van der Waals surface area contributed by atoms with Crippen LogP contribution in [0, 0.1) is 6.92 Å². The van der Waals surface area contributed by atoms with Crippen molar-refractivity contribution in [2.24, 2.45) is 0 Å². The van der Waals surface area contributed by atoms with Gasteiger partial charge in [0, 0.05) is 33.2 Å². The second-order valence-electron chi connectivity index (χ2n) is 8.19. The standard InChI is InChI=1S/C30H21ClO4/c1-19-26(17-16-24-25(18-27(32)35-29(19)24)20-8-4-2-5-9-20)34-30(22-10-6-3-7-11-22)28(33)21-12-14-23(31)15-13-21/h2-18,30H,1H3/t30-/m1/s1. The van der Waals surface area contributed by atoms with Crippen LogP contribution in [0.5, 0.6) is 5.75 Å². The van der Waals surface area contributed by atoms with Gasteiger partial charge in [-0.3, -0.25) is 4.79 Å². The molecule has 5 heteroatoms. The topological polar surface area (TPSA) is 56.5 Å². The van der Waals surface area contributed by atoms with Gasteiger partial charge in [0.05, 0.1) is 0 Å². The van der Waals surface area contributed by atoms with Gasteiger partial charge in [0.1, 0.15) is 11.3 Å². The van der Waals surface area contributed by atoms with Crippen molar-refractivity contribution in [1.82, 2.24) is 0 Å². The summed E-state index contributed by atoms with van der Waals surface area (Å²) in [6, 6.07) is 30.9. The second-order valence-corrected chi connectivity index (χ2v) is 8.63. The maximum Gasteiger partial charge on any atom is 0.336 e. The molecule has 1 atom stereocenters. The van der Waals surface area contributed by atoms with E-state index in [4.69, 9.17) is 20.8 Å². The lowest BCUT2D eigenvalue weighted by Crippen LogP contribution is -2.19. The Morgan fingerprint density at radius 2 is 1.51 bits per heavy atom. The van der Waals surface area contributed by atoms with Crippen LogP contribution in [0.2, 0.25) is 5.02 Å². The van der Waals surface area contributed by atoms with Crippen molar-refractivity contribution >= 4 is 28.4 Å². The molecule has 0 fully saturated rings. The monoisotopic (exact) mass is 480 g/mol. The van der Waals surface area contributed by atoms with E-state index in [2.05, 4.69) is 0 Å². The van der Waals surface area contributed by atoms with E-state index in [1.165, 1.54) is 6.07 Å². The molecular weight excluding hydrogens is 460 g/mol. The summed E-state index contributed by atoms with van der Waals surface area (Å²) in [5, 5.41) is 1.34. The van der Waals surface area contributed by atoms with E-state index in [1.54, 1.807) is 24.3 Å². The van der Waals surface area contributed by atoms with Gasteiger partial charge in [-0.1, -0.05) is 72.3 Å². The quantitative estimate of drug-likeness (QED) is 0.187. The van der Waals surface area contributed by atoms with Gasteiger partial charge in [-0.25, -0.2) is 4.79 Å². The molecule has 0 N–H and O–H groups in total. The predicted octanol–water partition coefficient (Wildman–Crippen LogP) is 7.42. The van der Waals surface area contributed by atoms with E-state index in [1.807, 2.05) is 79.7 Å². The summed E-state index contributed by atoms with van der Waals surface area (Å²) in [6.45, 7) is 1.82. The summed E-state index contributed by atoms with van der Waals surface area (Å²) in [4.78, 5) is 25.9. The minimum absolute atomic E-state index is 0.202. The molecule has 0 amide bonds. The number of hydrogen-bond donors (Lipinski definition) is 0. The van der Waals surface area contributed by atoms with Gasteiger partial charge in [-0.05, 0) is 54.4 Å². The number of Topliss-reactive ketones (excluding diaryl/α,β-unsaturated/α-hetero) is 1. The number of fused-ring (bicyclic) bond motifs is 1. The molecule has 172 valence electrons. The number of aryl methyl sites for hydroxylation is 1. The first-order chi connectivity index (χ1) is 17.0. The van der Waals surface area contributed by atoms with E-state index in [0.29, 0.717) is 33.0 Å². The van der Waals surface area contributed by atoms with Gasteiger partial charge < -0.3 is 9.15 Å². The Hall–Kier alpha value is -4.15. The van der Waals surface area contributed by atoms with Gasteiger partial charge in [0.2, 0.25) is 5.78 Å². The van der Waals surface area contributed by atoms with Crippen LogP contribution in [-0.4, -0.2) is 5.78 Å². The Kier molecular flexibility index (Phi) is 6.21. The molecule has 5 aromatic rings. The van der Waals surface area contributed by atoms with E-state index in [-0.39, 0.29) is 5.78 Å². The summed E-state index contributed by atoms with van der Waals surface area (Å²) in [5.74, 6) is 0.258. The lowest BCUT2D eigenvalue weighted by Gasteiger charge is -2.21. The maximum atomic E-state index is 13.5. The first-order valence-corrected chi connectivity index (χ1v) is 11.5. The fraction of sp³-hybridized carbons (Fsp3) is 0.0667. The average molecular weight is 481 g/mol. The van der Waals surface area contributed by atoms with Gasteiger partial charge in [-0.2, -0.15) is 0 Å². The zero-order valence-electron chi connectivity index (χ0n) is 18.9. The molecule has 1 heterocycles. The fourth-order valence-electron chi connectivity index (χ4n) is 4.12. The van der Waals surface area contributed by atoms with E-state index < -0.39 is 11.7 Å². The maximum absolute atomic E-state index is 13.5. The molecule has 0 aliphatic rings. The Bertz CT molecular complexity index is 1560. The van der Waals surface area contributed by atoms with Crippen LogP contribution in [0.3, 0.4) is 0 Å². The number of ether oxygens (including phenoxy) is 1. The summed E-state index contributed by atoms with van der Waals surface area (Å²) in [6.07, 6.45) is -0.891. The van der Waals surface area contributed by atoms with Crippen molar-refractivity contribution in [3.63, 3.8) is 0 Å². The Labute approximate surface area is 207 Å². The summed E-state index contributed by atoms with van der Waals surface area (Å²) in [5.41, 5.74) is 3.52. The lowest BCUT2D eigenvalue weighted by molar-refractivity contribution is 0.0791. The summed E-state index contributed by atoms with van der Waals surface area (Å²) >= 11 is 6.01. The highest BCUT2D eigenvalue weighted by molar-refractivity contribution is 6.30. The van der Waals surface area contributed by atoms with Gasteiger partial charge >= 0.3 is 5.63 Å². The minimum atomic E-state index is -0.891. The predicted molar refractivity (Wildman–Crippen MR) is 138 cm³/mol. The van der Waals surface area contributed by atoms with Crippen LogP contribution in [-0.2, 0) is 0 Å². The Morgan fingerprint density at radius 3 is 2.20 bits per heavy atom. The molecule has 0 saturated carbocycles. The highest BCUT2D eigenvalue weighted by Gasteiger charge is 2.25. The van der Waals surface area contributed by atoms with Crippen molar-refractivity contribution < 1.29 is 13.9 Å². The number of carbonyl (C=O) groups excluding carboxylic acids is 1. The highest BCUT2D eigenvalue weighted by atomic mass is 35.5. The molecule has 4 nitrogen and oxygen atoms in total. The van der Waals surface area contributed by atoms with Crippen LogP contribution in [0.25, 0.3) is 22.1 Å². The third-order valence-corrected chi connectivity index (χ3v) is 6.16. The number of carbonyl (C=O) groups is 1. The molecule has 0 aliphatic heterocycles. The highest BCUT2D eigenvalue weighted by Crippen LogP contribution is 2.35. The van der Waals surface area contributed by atoms with Gasteiger partial charge in [-0.15, -0.1) is 0 Å². The molecule has 1 aromatic heterocycles. The fourth-order valence-corrected chi connectivity index (χ4v) is 4.25. The van der Waals surface area contributed by atoms with Crippen molar-refractivity contribution in [1.29, 1.82) is 0 Å². The zero-order valence-corrected chi connectivity index (χ0v) is 19.7. The van der Waals surface area contributed by atoms with Crippen molar-refractivity contribution in [3.05, 3.63) is 135 Å². The van der Waals surface area contributed by atoms with E-state index >= 15 is 0 Å². The number of halogens is 1. The Morgan fingerprint density at radius 1 is 0.857 bits per heavy atom. The number of rotatable bonds is 6. The number of benzene rings is 4. The van der Waals surface area contributed by atoms with Crippen LogP contribution < -0.4 is 10.4 Å². The molecule has 0 aliphatic carbocycles. The molecule has 0 radical (unpaired) electrons.